The zero-order valence-corrected chi connectivity index (χ0v) is 7.88. The van der Waals surface area contributed by atoms with Gasteiger partial charge in [-0.05, 0) is 28.6 Å². The molecule has 0 saturated carbocycles. The number of nitrogen functional groups attached to an aromatic ring is 1. The smallest absolute Gasteiger partial charge is 0.368 e. The number of benzene rings is 1. The fourth-order valence-corrected chi connectivity index (χ4v) is 1.16. The van der Waals surface area contributed by atoms with Crippen LogP contribution in [0.1, 0.15) is 0 Å². The van der Waals surface area contributed by atoms with E-state index in [0.29, 0.717) is 5.69 Å². The lowest BCUT2D eigenvalue weighted by molar-refractivity contribution is 0.604. The second kappa shape index (κ2) is 3.19. The van der Waals surface area contributed by atoms with Crippen LogP contribution >= 0.6 is 0 Å². The molecule has 2 N–H and O–H groups in total. The van der Waals surface area contributed by atoms with Gasteiger partial charge in [-0.2, -0.15) is 9.36 Å². The standard InChI is InChI=1S/C8H8FN5O/c1-13-8(15)14(12-11-13)7-4-5(10)2-3-6(7)9/h2-4H,10H2,1H3. The zero-order valence-electron chi connectivity index (χ0n) is 7.88. The highest BCUT2D eigenvalue weighted by Gasteiger charge is 2.10. The van der Waals surface area contributed by atoms with Crippen LogP contribution in [0.2, 0.25) is 0 Å². The van der Waals surface area contributed by atoms with Crippen LogP contribution in [0.5, 0.6) is 0 Å². The van der Waals surface area contributed by atoms with Crippen LogP contribution in [-0.2, 0) is 7.05 Å². The summed E-state index contributed by atoms with van der Waals surface area (Å²) in [5, 5.41) is 6.98. The van der Waals surface area contributed by atoms with E-state index in [-0.39, 0.29) is 5.69 Å². The molecule has 0 saturated heterocycles. The number of aromatic nitrogens is 4. The third-order valence-electron chi connectivity index (χ3n) is 1.92. The van der Waals surface area contributed by atoms with E-state index in [2.05, 4.69) is 10.4 Å². The van der Waals surface area contributed by atoms with Gasteiger partial charge >= 0.3 is 5.69 Å². The number of aryl methyl sites for hydroxylation is 1. The molecule has 78 valence electrons. The number of rotatable bonds is 1. The molecule has 15 heavy (non-hydrogen) atoms. The van der Waals surface area contributed by atoms with Gasteiger partial charge in [-0.1, -0.05) is 0 Å². The van der Waals surface area contributed by atoms with E-state index in [1.54, 1.807) is 0 Å². The van der Waals surface area contributed by atoms with Crippen molar-refractivity contribution in [2.75, 3.05) is 5.73 Å². The van der Waals surface area contributed by atoms with Gasteiger partial charge in [0.15, 0.2) is 0 Å². The summed E-state index contributed by atoms with van der Waals surface area (Å²) in [6, 6.07) is 3.90. The minimum atomic E-state index is -0.577. The number of anilines is 1. The molecular weight excluding hydrogens is 201 g/mol. The molecule has 0 atom stereocenters. The first kappa shape index (κ1) is 9.38. The average molecular weight is 209 g/mol. The second-order valence-electron chi connectivity index (χ2n) is 3.01. The Kier molecular flexibility index (Phi) is 2.00. The van der Waals surface area contributed by atoms with Gasteiger partial charge in [-0.25, -0.2) is 9.18 Å². The molecule has 7 heteroatoms. The third-order valence-corrected chi connectivity index (χ3v) is 1.92. The Balaban J connectivity index is 2.69. The quantitative estimate of drug-likeness (QED) is 0.653. The van der Waals surface area contributed by atoms with Crippen molar-refractivity contribution in [3.63, 3.8) is 0 Å². The van der Waals surface area contributed by atoms with Gasteiger partial charge in [0.1, 0.15) is 11.5 Å². The minimum Gasteiger partial charge on any atom is -0.399 e. The normalized spacial score (nSPS) is 10.5. The fraction of sp³-hybridized carbons (Fsp3) is 0.125. The van der Waals surface area contributed by atoms with E-state index in [0.717, 1.165) is 9.36 Å². The maximum absolute atomic E-state index is 13.4. The van der Waals surface area contributed by atoms with Gasteiger partial charge in [-0.3, -0.25) is 0 Å². The van der Waals surface area contributed by atoms with Gasteiger partial charge in [0.25, 0.3) is 0 Å². The topological polar surface area (TPSA) is 78.7 Å². The number of halogens is 1. The number of nitrogens with zero attached hydrogens (tertiary/aromatic N) is 4. The van der Waals surface area contributed by atoms with Gasteiger partial charge < -0.3 is 5.73 Å². The maximum atomic E-state index is 13.4. The molecule has 0 fully saturated rings. The van der Waals surface area contributed by atoms with Crippen molar-refractivity contribution in [2.24, 2.45) is 7.05 Å². The Hall–Kier alpha value is -2.18. The number of hydrogen-bond donors (Lipinski definition) is 1. The van der Waals surface area contributed by atoms with Crippen molar-refractivity contribution in [1.82, 2.24) is 19.8 Å². The highest BCUT2D eigenvalue weighted by Crippen LogP contribution is 2.13. The predicted octanol–water partition coefficient (Wildman–Crippen LogP) is -0.313. The Morgan fingerprint density at radius 1 is 1.40 bits per heavy atom. The van der Waals surface area contributed by atoms with Gasteiger partial charge in [0, 0.05) is 12.7 Å². The monoisotopic (exact) mass is 209 g/mol. The van der Waals surface area contributed by atoms with Crippen LogP contribution in [-0.4, -0.2) is 19.8 Å². The van der Waals surface area contributed by atoms with Gasteiger partial charge in [0.05, 0.1) is 0 Å². The Morgan fingerprint density at radius 2 is 2.13 bits per heavy atom. The van der Waals surface area contributed by atoms with E-state index >= 15 is 0 Å². The lowest BCUT2D eigenvalue weighted by atomic mass is 10.3. The van der Waals surface area contributed by atoms with E-state index in [9.17, 15) is 9.18 Å². The summed E-state index contributed by atoms with van der Waals surface area (Å²) in [7, 11) is 1.43. The average Bonchev–Trinajstić information content (AvgIpc) is 2.52. The highest BCUT2D eigenvalue weighted by molar-refractivity contribution is 5.47. The first-order chi connectivity index (χ1) is 7.09. The summed E-state index contributed by atoms with van der Waals surface area (Å²) >= 11 is 0. The predicted molar refractivity (Wildman–Crippen MR) is 51.0 cm³/mol. The second-order valence-corrected chi connectivity index (χ2v) is 3.01. The molecule has 2 aromatic rings. The Bertz CT molecular complexity index is 558. The SMILES string of the molecule is Cn1nnn(-c2cc(N)ccc2F)c1=O. The lowest BCUT2D eigenvalue weighted by Gasteiger charge is -2.01. The molecular formula is C8H8FN5O. The number of hydrogen-bond acceptors (Lipinski definition) is 4. The van der Waals surface area contributed by atoms with Crippen LogP contribution in [0.25, 0.3) is 5.69 Å². The van der Waals surface area contributed by atoms with Crippen LogP contribution in [0.4, 0.5) is 10.1 Å². The molecule has 0 bridgehead atoms. The molecule has 0 spiro atoms. The summed E-state index contributed by atoms with van der Waals surface area (Å²) in [4.78, 5) is 11.4. The van der Waals surface area contributed by atoms with Crippen molar-refractivity contribution in [3.05, 3.63) is 34.5 Å². The van der Waals surface area contributed by atoms with Crippen LogP contribution in [0.15, 0.2) is 23.0 Å². The maximum Gasteiger partial charge on any atom is 0.368 e. The van der Waals surface area contributed by atoms with Crippen molar-refractivity contribution in [1.29, 1.82) is 0 Å². The first-order valence-electron chi connectivity index (χ1n) is 4.14. The number of nitrogens with two attached hydrogens (primary N) is 1. The Morgan fingerprint density at radius 3 is 2.73 bits per heavy atom. The van der Waals surface area contributed by atoms with Crippen molar-refractivity contribution >= 4 is 5.69 Å². The molecule has 1 aromatic carbocycles. The van der Waals surface area contributed by atoms with E-state index in [4.69, 9.17) is 5.73 Å². The zero-order chi connectivity index (χ0) is 11.0. The Labute approximate surface area is 83.7 Å². The minimum absolute atomic E-state index is 0.00639. The van der Waals surface area contributed by atoms with E-state index in [1.165, 1.54) is 25.2 Å². The molecule has 0 amide bonds. The van der Waals surface area contributed by atoms with Crippen LogP contribution in [0.3, 0.4) is 0 Å². The molecule has 0 aliphatic rings. The fourth-order valence-electron chi connectivity index (χ4n) is 1.16. The van der Waals surface area contributed by atoms with Gasteiger partial charge in [0.2, 0.25) is 0 Å². The van der Waals surface area contributed by atoms with E-state index < -0.39 is 11.5 Å². The summed E-state index contributed by atoms with van der Waals surface area (Å²) in [5.74, 6) is -0.577. The summed E-state index contributed by atoms with van der Waals surface area (Å²) in [6.45, 7) is 0. The molecule has 0 unspecified atom stereocenters. The van der Waals surface area contributed by atoms with Crippen molar-refractivity contribution in [2.45, 2.75) is 0 Å². The molecule has 0 aliphatic heterocycles. The largest absolute Gasteiger partial charge is 0.399 e. The molecule has 1 heterocycles. The highest BCUT2D eigenvalue weighted by atomic mass is 19.1. The summed E-state index contributed by atoms with van der Waals surface area (Å²) < 4.78 is 15.2. The molecule has 1 aromatic heterocycles. The van der Waals surface area contributed by atoms with Crippen molar-refractivity contribution < 1.29 is 4.39 Å². The lowest BCUT2D eigenvalue weighted by Crippen LogP contribution is -2.22. The molecule has 6 nitrogen and oxygen atoms in total. The summed E-state index contributed by atoms with van der Waals surface area (Å²) in [5.41, 5.74) is 5.30. The molecule has 0 radical (unpaired) electrons. The van der Waals surface area contributed by atoms with Crippen molar-refractivity contribution in [3.8, 4) is 5.69 Å². The first-order valence-corrected chi connectivity index (χ1v) is 4.14. The van der Waals surface area contributed by atoms with E-state index in [1.807, 2.05) is 0 Å². The molecule has 2 rings (SSSR count). The number of tetrazole rings is 1. The van der Waals surface area contributed by atoms with Crippen LogP contribution < -0.4 is 11.4 Å². The van der Waals surface area contributed by atoms with Crippen LogP contribution in [0, 0.1) is 5.82 Å². The molecule has 0 aliphatic carbocycles. The third kappa shape index (κ3) is 1.47. The van der Waals surface area contributed by atoms with Gasteiger partial charge in [-0.15, -0.1) is 0 Å². The summed E-state index contributed by atoms with van der Waals surface area (Å²) in [6.07, 6.45) is 0.